The molecule has 7 heteroatoms. The minimum absolute atomic E-state index is 0.0225. The maximum Gasteiger partial charge on any atom is 0.261 e. The molecule has 0 atom stereocenters. The van der Waals surface area contributed by atoms with Crippen LogP contribution >= 0.6 is 0 Å². The van der Waals surface area contributed by atoms with Crippen molar-refractivity contribution in [3.8, 4) is 0 Å². The first-order chi connectivity index (χ1) is 11.6. The first kappa shape index (κ1) is 15.3. The van der Waals surface area contributed by atoms with E-state index in [0.29, 0.717) is 29.3 Å². The van der Waals surface area contributed by atoms with Crippen molar-refractivity contribution in [3.63, 3.8) is 0 Å². The highest BCUT2D eigenvalue weighted by atomic mass is 16.3. The lowest BCUT2D eigenvalue weighted by atomic mass is 9.85. The lowest BCUT2D eigenvalue weighted by molar-refractivity contribution is 0.105. The van der Waals surface area contributed by atoms with E-state index in [-0.39, 0.29) is 11.7 Å². The molecule has 0 bridgehead atoms. The van der Waals surface area contributed by atoms with E-state index in [1.54, 1.807) is 9.08 Å². The first-order valence-electron chi connectivity index (χ1n) is 8.51. The zero-order chi connectivity index (χ0) is 16.7. The molecule has 0 amide bonds. The zero-order valence-electron chi connectivity index (χ0n) is 13.7. The molecule has 0 unspecified atom stereocenters. The Balaban J connectivity index is 1.65. The Bertz CT molecular complexity index is 937. The van der Waals surface area contributed by atoms with Gasteiger partial charge in [-0.15, -0.1) is 0 Å². The van der Waals surface area contributed by atoms with E-state index in [1.807, 2.05) is 19.2 Å². The van der Waals surface area contributed by atoms with Crippen LogP contribution in [-0.2, 0) is 6.54 Å². The maximum absolute atomic E-state index is 12.9. The summed E-state index contributed by atoms with van der Waals surface area (Å²) >= 11 is 0. The van der Waals surface area contributed by atoms with Crippen LogP contribution < -0.4 is 5.56 Å². The Kier molecular flexibility index (Phi) is 3.80. The Morgan fingerprint density at radius 1 is 1.29 bits per heavy atom. The molecule has 24 heavy (non-hydrogen) atoms. The fourth-order valence-corrected chi connectivity index (χ4v) is 3.70. The number of pyridine rings is 1. The van der Waals surface area contributed by atoms with Gasteiger partial charge < -0.3 is 9.67 Å². The number of aryl methyl sites for hydroxylation is 2. The van der Waals surface area contributed by atoms with Crippen LogP contribution in [0.25, 0.3) is 16.7 Å². The second-order valence-corrected chi connectivity index (χ2v) is 6.71. The Labute approximate surface area is 139 Å². The largest absolute Gasteiger partial charge is 0.393 e. The summed E-state index contributed by atoms with van der Waals surface area (Å²) in [5.74, 6) is 1.10. The van der Waals surface area contributed by atoms with Gasteiger partial charge in [-0.3, -0.25) is 4.79 Å². The molecule has 1 N–H and O–H groups in total. The number of nitrogens with zero attached hydrogens (tertiary/aromatic N) is 5. The van der Waals surface area contributed by atoms with Crippen molar-refractivity contribution in [2.24, 2.45) is 5.92 Å². The van der Waals surface area contributed by atoms with Crippen molar-refractivity contribution in [2.75, 3.05) is 0 Å². The summed E-state index contributed by atoms with van der Waals surface area (Å²) in [6.07, 6.45) is 7.97. The van der Waals surface area contributed by atoms with Crippen LogP contribution in [0.4, 0.5) is 0 Å². The monoisotopic (exact) mass is 327 g/mol. The van der Waals surface area contributed by atoms with Crippen molar-refractivity contribution >= 4 is 16.7 Å². The standard InChI is InChI=1S/C17H21N5O2/c1-11-15-14(22-17(20-11)18-10-19-22)7-9-21(16(15)24)8-6-12-2-4-13(23)5-3-12/h7,9-10,12-13,23H,2-6,8H2,1H3. The molecule has 0 aliphatic heterocycles. The minimum atomic E-state index is -0.136. The van der Waals surface area contributed by atoms with E-state index in [4.69, 9.17) is 0 Å². The molecule has 1 aliphatic rings. The van der Waals surface area contributed by atoms with Gasteiger partial charge in [0.2, 0.25) is 0 Å². The van der Waals surface area contributed by atoms with E-state index in [2.05, 4.69) is 15.1 Å². The molecule has 3 heterocycles. The second kappa shape index (κ2) is 5.98. The molecule has 0 aromatic carbocycles. The van der Waals surface area contributed by atoms with Crippen LogP contribution in [0, 0.1) is 12.8 Å². The Morgan fingerprint density at radius 3 is 2.88 bits per heavy atom. The topological polar surface area (TPSA) is 85.3 Å². The Hall–Kier alpha value is -2.28. The lowest BCUT2D eigenvalue weighted by Gasteiger charge is -2.25. The van der Waals surface area contributed by atoms with Crippen molar-refractivity contribution in [1.29, 1.82) is 0 Å². The lowest BCUT2D eigenvalue weighted by Crippen LogP contribution is -2.24. The summed E-state index contributed by atoms with van der Waals surface area (Å²) in [5, 5.41) is 14.4. The molecular formula is C17H21N5O2. The van der Waals surface area contributed by atoms with Gasteiger partial charge in [-0.1, -0.05) is 0 Å². The van der Waals surface area contributed by atoms with Crippen molar-refractivity contribution in [1.82, 2.24) is 24.1 Å². The number of fused-ring (bicyclic) bond motifs is 3. The van der Waals surface area contributed by atoms with Crippen LogP contribution in [0.2, 0.25) is 0 Å². The van der Waals surface area contributed by atoms with Gasteiger partial charge in [0, 0.05) is 12.7 Å². The third-order valence-electron chi connectivity index (χ3n) is 5.13. The molecule has 4 rings (SSSR count). The molecule has 7 nitrogen and oxygen atoms in total. The quantitative estimate of drug-likeness (QED) is 0.791. The van der Waals surface area contributed by atoms with Gasteiger partial charge in [0.05, 0.1) is 22.7 Å². The number of hydrogen-bond acceptors (Lipinski definition) is 5. The van der Waals surface area contributed by atoms with E-state index >= 15 is 0 Å². The molecule has 0 saturated heterocycles. The van der Waals surface area contributed by atoms with Gasteiger partial charge in [-0.05, 0) is 51.0 Å². The Morgan fingerprint density at radius 2 is 2.08 bits per heavy atom. The van der Waals surface area contributed by atoms with Crippen LogP contribution in [0.5, 0.6) is 0 Å². The van der Waals surface area contributed by atoms with Gasteiger partial charge in [0.1, 0.15) is 6.33 Å². The molecule has 1 fully saturated rings. The maximum atomic E-state index is 12.9. The van der Waals surface area contributed by atoms with E-state index in [9.17, 15) is 9.90 Å². The molecule has 0 radical (unpaired) electrons. The van der Waals surface area contributed by atoms with Gasteiger partial charge in [-0.2, -0.15) is 14.6 Å². The number of aliphatic hydroxyl groups is 1. The number of aromatic nitrogens is 5. The summed E-state index contributed by atoms with van der Waals surface area (Å²) in [6, 6.07) is 1.91. The van der Waals surface area contributed by atoms with Crippen LogP contribution in [0.1, 0.15) is 37.8 Å². The molecule has 3 aromatic heterocycles. The minimum Gasteiger partial charge on any atom is -0.393 e. The summed E-state index contributed by atoms with van der Waals surface area (Å²) < 4.78 is 3.38. The fourth-order valence-electron chi connectivity index (χ4n) is 3.70. The highest BCUT2D eigenvalue weighted by Gasteiger charge is 2.19. The van der Waals surface area contributed by atoms with E-state index in [1.165, 1.54) is 6.33 Å². The van der Waals surface area contributed by atoms with Crippen molar-refractivity contribution in [2.45, 2.75) is 51.7 Å². The third-order valence-corrected chi connectivity index (χ3v) is 5.13. The molecule has 0 spiro atoms. The summed E-state index contributed by atoms with van der Waals surface area (Å²) in [7, 11) is 0. The fraction of sp³-hybridized carbons (Fsp3) is 0.529. The molecule has 126 valence electrons. The van der Waals surface area contributed by atoms with Crippen LogP contribution in [-0.4, -0.2) is 35.4 Å². The van der Waals surface area contributed by atoms with Gasteiger partial charge >= 0.3 is 0 Å². The highest BCUT2D eigenvalue weighted by molar-refractivity contribution is 5.81. The average Bonchev–Trinajstić information content (AvgIpc) is 3.04. The summed E-state index contributed by atoms with van der Waals surface area (Å²) in [5.41, 5.74) is 1.41. The molecular weight excluding hydrogens is 306 g/mol. The SMILES string of the molecule is Cc1nc2ncnn2c2ccn(CCC3CCC(O)CC3)c(=O)c12. The molecule has 1 saturated carbocycles. The summed E-state index contributed by atoms with van der Waals surface area (Å²) in [4.78, 5) is 21.3. The molecule has 3 aromatic rings. The first-order valence-corrected chi connectivity index (χ1v) is 8.51. The van der Waals surface area contributed by atoms with Crippen LogP contribution in [0.15, 0.2) is 23.4 Å². The summed E-state index contributed by atoms with van der Waals surface area (Å²) in [6.45, 7) is 2.54. The number of hydrogen-bond donors (Lipinski definition) is 1. The van der Waals surface area contributed by atoms with Gasteiger partial charge in [-0.25, -0.2) is 4.98 Å². The van der Waals surface area contributed by atoms with Gasteiger partial charge in [0.15, 0.2) is 0 Å². The number of rotatable bonds is 3. The van der Waals surface area contributed by atoms with Crippen LogP contribution in [0.3, 0.4) is 0 Å². The smallest absolute Gasteiger partial charge is 0.261 e. The highest BCUT2D eigenvalue weighted by Crippen LogP contribution is 2.27. The van der Waals surface area contributed by atoms with E-state index in [0.717, 1.165) is 37.6 Å². The van der Waals surface area contributed by atoms with E-state index < -0.39 is 0 Å². The predicted molar refractivity (Wildman–Crippen MR) is 89.9 cm³/mol. The molecule has 1 aliphatic carbocycles. The van der Waals surface area contributed by atoms with Gasteiger partial charge in [0.25, 0.3) is 11.3 Å². The third kappa shape index (κ3) is 2.58. The normalized spacial score (nSPS) is 21.6. The predicted octanol–water partition coefficient (Wildman–Crippen LogP) is 1.69. The second-order valence-electron chi connectivity index (χ2n) is 6.71. The zero-order valence-corrected chi connectivity index (χ0v) is 13.7. The van der Waals surface area contributed by atoms with Crippen molar-refractivity contribution in [3.05, 3.63) is 34.6 Å². The van der Waals surface area contributed by atoms with Crippen molar-refractivity contribution < 1.29 is 5.11 Å². The number of aliphatic hydroxyl groups excluding tert-OH is 1. The average molecular weight is 327 g/mol.